The molecule has 2 aromatic heterocycles. The zero-order valence-corrected chi connectivity index (χ0v) is 18.0. The Labute approximate surface area is 188 Å². The van der Waals surface area contributed by atoms with Crippen LogP contribution in [0.3, 0.4) is 0 Å². The topological polar surface area (TPSA) is 59.8 Å². The maximum Gasteiger partial charge on any atom is 0.417 e. The number of halogens is 3. The molecule has 4 aromatic rings. The summed E-state index contributed by atoms with van der Waals surface area (Å²) in [7, 11) is 0. The van der Waals surface area contributed by atoms with E-state index in [1.54, 1.807) is 6.92 Å². The number of carbonyl (C=O) groups excluding carboxylic acids is 1. The van der Waals surface area contributed by atoms with Crippen LogP contribution in [-0.2, 0) is 6.18 Å². The SMILES string of the molecule is Cc1ccc(C(NC(=O)c2cnn(-c3ccc(C(F)(F)F)cn3)c2C)c2ccccc2)cc1. The van der Waals surface area contributed by atoms with Gasteiger partial charge in [-0.3, -0.25) is 4.79 Å². The van der Waals surface area contributed by atoms with E-state index in [1.807, 2.05) is 61.5 Å². The number of amides is 1. The van der Waals surface area contributed by atoms with Crippen molar-refractivity contribution in [1.82, 2.24) is 20.1 Å². The Balaban J connectivity index is 1.62. The van der Waals surface area contributed by atoms with Crippen molar-refractivity contribution < 1.29 is 18.0 Å². The normalized spacial score (nSPS) is 12.4. The summed E-state index contributed by atoms with van der Waals surface area (Å²) in [5, 5.41) is 7.23. The number of hydrogen-bond donors (Lipinski definition) is 1. The van der Waals surface area contributed by atoms with Gasteiger partial charge in [0.05, 0.1) is 29.1 Å². The molecule has 0 bridgehead atoms. The molecule has 8 heteroatoms. The van der Waals surface area contributed by atoms with E-state index in [1.165, 1.54) is 16.9 Å². The zero-order chi connectivity index (χ0) is 23.6. The molecule has 2 aromatic carbocycles. The van der Waals surface area contributed by atoms with Gasteiger partial charge in [0, 0.05) is 6.20 Å². The van der Waals surface area contributed by atoms with Crippen LogP contribution < -0.4 is 5.32 Å². The second-order valence-corrected chi connectivity index (χ2v) is 7.69. The number of alkyl halides is 3. The van der Waals surface area contributed by atoms with Crippen molar-refractivity contribution in [2.24, 2.45) is 0 Å². The molecular weight excluding hydrogens is 429 g/mol. The third-order valence-electron chi connectivity index (χ3n) is 5.37. The van der Waals surface area contributed by atoms with Crippen LogP contribution in [0.25, 0.3) is 5.82 Å². The number of aromatic nitrogens is 3. The van der Waals surface area contributed by atoms with E-state index in [0.717, 1.165) is 29.0 Å². The molecule has 0 aliphatic carbocycles. The van der Waals surface area contributed by atoms with Crippen LogP contribution in [0.1, 0.15) is 44.3 Å². The molecule has 0 aliphatic heterocycles. The van der Waals surface area contributed by atoms with Gasteiger partial charge >= 0.3 is 6.18 Å². The molecule has 0 radical (unpaired) electrons. The predicted octanol–water partition coefficient (Wildman–Crippen LogP) is 5.42. The van der Waals surface area contributed by atoms with Crippen molar-refractivity contribution in [2.45, 2.75) is 26.1 Å². The second kappa shape index (κ2) is 8.90. The fraction of sp³-hybridized carbons (Fsp3) is 0.160. The Morgan fingerprint density at radius 1 is 0.909 bits per heavy atom. The molecule has 2 heterocycles. The first-order valence-electron chi connectivity index (χ1n) is 10.2. The highest BCUT2D eigenvalue weighted by molar-refractivity contribution is 5.95. The molecule has 4 rings (SSSR count). The van der Waals surface area contributed by atoms with Gasteiger partial charge in [0.25, 0.3) is 5.91 Å². The molecule has 168 valence electrons. The molecule has 1 unspecified atom stereocenters. The average molecular weight is 450 g/mol. The van der Waals surface area contributed by atoms with E-state index >= 15 is 0 Å². The summed E-state index contributed by atoms with van der Waals surface area (Å²) in [5.41, 5.74) is 2.88. The Kier molecular flexibility index (Phi) is 6.00. The summed E-state index contributed by atoms with van der Waals surface area (Å²) in [6.07, 6.45) is -2.33. The van der Waals surface area contributed by atoms with Gasteiger partial charge in [-0.15, -0.1) is 0 Å². The number of nitrogens with zero attached hydrogens (tertiary/aromatic N) is 3. The van der Waals surface area contributed by atoms with Gasteiger partial charge < -0.3 is 5.32 Å². The predicted molar refractivity (Wildman–Crippen MR) is 118 cm³/mol. The molecule has 33 heavy (non-hydrogen) atoms. The maximum absolute atomic E-state index is 13.2. The molecule has 5 nitrogen and oxygen atoms in total. The van der Waals surface area contributed by atoms with E-state index in [9.17, 15) is 18.0 Å². The molecule has 0 aliphatic rings. The molecule has 1 N–H and O–H groups in total. The summed E-state index contributed by atoms with van der Waals surface area (Å²) < 4.78 is 39.8. The highest BCUT2D eigenvalue weighted by atomic mass is 19.4. The summed E-state index contributed by atoms with van der Waals surface area (Å²) >= 11 is 0. The Bertz CT molecular complexity index is 1250. The van der Waals surface area contributed by atoms with E-state index in [0.29, 0.717) is 11.3 Å². The molecular formula is C25H21F3N4O. The molecule has 0 spiro atoms. The number of rotatable bonds is 5. The number of carbonyl (C=O) groups is 1. The third kappa shape index (κ3) is 4.79. The van der Waals surface area contributed by atoms with Crippen molar-refractivity contribution in [1.29, 1.82) is 0 Å². The van der Waals surface area contributed by atoms with Crippen LogP contribution in [0.4, 0.5) is 13.2 Å². The van der Waals surface area contributed by atoms with Gasteiger partial charge in [-0.25, -0.2) is 9.67 Å². The van der Waals surface area contributed by atoms with Gasteiger partial charge in [-0.2, -0.15) is 18.3 Å². The standard InChI is InChI=1S/C25H21F3N4O/c1-16-8-10-19(11-9-16)23(18-6-4-3-5-7-18)31-24(33)21-15-30-32(17(21)2)22-13-12-20(14-29-22)25(26,27)28/h3-15,23H,1-2H3,(H,31,33). The molecule has 0 saturated carbocycles. The summed E-state index contributed by atoms with van der Waals surface area (Å²) in [6, 6.07) is 19.3. The number of aryl methyl sites for hydroxylation is 1. The zero-order valence-electron chi connectivity index (χ0n) is 18.0. The van der Waals surface area contributed by atoms with Crippen molar-refractivity contribution >= 4 is 5.91 Å². The van der Waals surface area contributed by atoms with Crippen LogP contribution in [0.2, 0.25) is 0 Å². The minimum Gasteiger partial charge on any atom is -0.341 e. The van der Waals surface area contributed by atoms with Crippen molar-refractivity contribution in [3.63, 3.8) is 0 Å². The second-order valence-electron chi connectivity index (χ2n) is 7.69. The Morgan fingerprint density at radius 2 is 1.58 bits per heavy atom. The fourth-order valence-electron chi connectivity index (χ4n) is 3.51. The lowest BCUT2D eigenvalue weighted by atomic mass is 9.97. The number of nitrogens with one attached hydrogen (secondary N) is 1. The lowest BCUT2D eigenvalue weighted by Gasteiger charge is -2.20. The summed E-state index contributed by atoms with van der Waals surface area (Å²) in [5.74, 6) is -0.155. The van der Waals surface area contributed by atoms with Crippen molar-refractivity contribution in [2.75, 3.05) is 0 Å². The molecule has 1 atom stereocenters. The van der Waals surface area contributed by atoms with Crippen LogP contribution in [-0.4, -0.2) is 20.7 Å². The molecule has 1 amide bonds. The average Bonchev–Trinajstić information content (AvgIpc) is 3.19. The van der Waals surface area contributed by atoms with Crippen LogP contribution >= 0.6 is 0 Å². The van der Waals surface area contributed by atoms with Crippen molar-refractivity contribution in [3.05, 3.63) is 113 Å². The van der Waals surface area contributed by atoms with Gasteiger partial charge in [0.15, 0.2) is 5.82 Å². The van der Waals surface area contributed by atoms with Gasteiger partial charge in [0.2, 0.25) is 0 Å². The Hall–Kier alpha value is -3.94. The van der Waals surface area contributed by atoms with Crippen molar-refractivity contribution in [3.8, 4) is 5.82 Å². The van der Waals surface area contributed by atoms with E-state index in [2.05, 4.69) is 15.4 Å². The van der Waals surface area contributed by atoms with E-state index < -0.39 is 11.7 Å². The van der Waals surface area contributed by atoms with Gasteiger partial charge in [0.1, 0.15) is 0 Å². The summed E-state index contributed by atoms with van der Waals surface area (Å²) in [4.78, 5) is 17.0. The minimum absolute atomic E-state index is 0.192. The van der Waals surface area contributed by atoms with Gasteiger partial charge in [-0.05, 0) is 37.1 Å². The molecule has 0 saturated heterocycles. The quantitative estimate of drug-likeness (QED) is 0.442. The third-order valence-corrected chi connectivity index (χ3v) is 5.37. The lowest BCUT2D eigenvalue weighted by molar-refractivity contribution is -0.137. The van der Waals surface area contributed by atoms with Crippen LogP contribution in [0.5, 0.6) is 0 Å². The van der Waals surface area contributed by atoms with Gasteiger partial charge in [-0.1, -0.05) is 60.2 Å². The van der Waals surface area contributed by atoms with E-state index in [4.69, 9.17) is 0 Å². The fourth-order valence-corrected chi connectivity index (χ4v) is 3.51. The van der Waals surface area contributed by atoms with Crippen LogP contribution in [0, 0.1) is 13.8 Å². The largest absolute Gasteiger partial charge is 0.417 e. The minimum atomic E-state index is -4.47. The number of pyridine rings is 1. The highest BCUT2D eigenvalue weighted by Crippen LogP contribution is 2.29. The molecule has 0 fully saturated rings. The highest BCUT2D eigenvalue weighted by Gasteiger charge is 2.31. The Morgan fingerprint density at radius 3 is 2.18 bits per heavy atom. The first-order chi connectivity index (χ1) is 15.7. The van der Waals surface area contributed by atoms with Crippen LogP contribution in [0.15, 0.2) is 79.1 Å². The lowest BCUT2D eigenvalue weighted by Crippen LogP contribution is -2.29. The smallest absolute Gasteiger partial charge is 0.341 e. The summed E-state index contributed by atoms with van der Waals surface area (Å²) in [6.45, 7) is 3.66. The maximum atomic E-state index is 13.2. The first-order valence-corrected chi connectivity index (χ1v) is 10.2. The number of benzene rings is 2. The monoisotopic (exact) mass is 450 g/mol. The van der Waals surface area contributed by atoms with E-state index in [-0.39, 0.29) is 17.8 Å². The first kappa shape index (κ1) is 22.3. The number of hydrogen-bond acceptors (Lipinski definition) is 3.